The summed E-state index contributed by atoms with van der Waals surface area (Å²) in [7, 11) is 0. The van der Waals surface area contributed by atoms with Crippen molar-refractivity contribution in [3.8, 4) is 11.5 Å². The Morgan fingerprint density at radius 3 is 2.74 bits per heavy atom. The Hall–Kier alpha value is -2.27. The maximum absolute atomic E-state index is 12.9. The summed E-state index contributed by atoms with van der Waals surface area (Å²) in [5.41, 5.74) is 1.24. The van der Waals surface area contributed by atoms with Crippen LogP contribution in [-0.2, 0) is 14.3 Å². The average molecular weight is 372 g/mol. The van der Waals surface area contributed by atoms with Gasteiger partial charge in [0.1, 0.15) is 12.4 Å². The van der Waals surface area contributed by atoms with Crippen LogP contribution in [0, 0.1) is 5.92 Å². The van der Waals surface area contributed by atoms with Crippen molar-refractivity contribution in [2.75, 3.05) is 13.2 Å². The third kappa shape index (κ3) is 4.92. The number of ether oxygens (including phenoxy) is 4. The maximum atomic E-state index is 12.9. The van der Waals surface area contributed by atoms with Gasteiger partial charge in [-0.1, -0.05) is 23.8 Å². The van der Waals surface area contributed by atoms with E-state index in [1.165, 1.54) is 11.8 Å². The quantitative estimate of drug-likeness (QED) is 0.663. The number of fused-ring (bicyclic) bond motifs is 1. The highest BCUT2D eigenvalue weighted by atomic mass is 16.5. The number of Topliss-reactive ketones (excluding diaryl/α,β-unsaturated/α-hetero) is 1. The first-order valence-corrected chi connectivity index (χ1v) is 9.63. The van der Waals surface area contributed by atoms with Gasteiger partial charge in [0.15, 0.2) is 11.5 Å². The van der Waals surface area contributed by atoms with Gasteiger partial charge in [0.05, 0.1) is 25.2 Å². The van der Waals surface area contributed by atoms with E-state index in [4.69, 9.17) is 18.9 Å². The SMILES string of the molecule is CCOc1ccccc1OC1=COC2CC(OCC=C(C)C)CCC2C1=O. The third-order valence-electron chi connectivity index (χ3n) is 4.87. The molecule has 1 aliphatic carbocycles. The van der Waals surface area contributed by atoms with Gasteiger partial charge in [0.2, 0.25) is 11.5 Å². The normalized spacial score (nSPS) is 24.3. The van der Waals surface area contributed by atoms with E-state index in [0.717, 1.165) is 19.3 Å². The van der Waals surface area contributed by atoms with Gasteiger partial charge < -0.3 is 18.9 Å². The largest absolute Gasteiger partial charge is 0.493 e. The molecule has 3 rings (SSSR count). The van der Waals surface area contributed by atoms with Crippen LogP contribution in [0.3, 0.4) is 0 Å². The van der Waals surface area contributed by atoms with Crippen LogP contribution in [0.5, 0.6) is 11.5 Å². The van der Waals surface area contributed by atoms with Gasteiger partial charge in [-0.3, -0.25) is 4.79 Å². The smallest absolute Gasteiger partial charge is 0.208 e. The van der Waals surface area contributed by atoms with Crippen molar-refractivity contribution in [3.63, 3.8) is 0 Å². The van der Waals surface area contributed by atoms with E-state index in [-0.39, 0.29) is 29.7 Å². The van der Waals surface area contributed by atoms with Crippen molar-refractivity contribution in [1.29, 1.82) is 0 Å². The molecule has 0 spiro atoms. The van der Waals surface area contributed by atoms with Gasteiger partial charge in [-0.25, -0.2) is 0 Å². The Morgan fingerprint density at radius 1 is 1.22 bits per heavy atom. The predicted molar refractivity (Wildman–Crippen MR) is 103 cm³/mol. The molecule has 1 aromatic rings. The first-order valence-electron chi connectivity index (χ1n) is 9.63. The van der Waals surface area contributed by atoms with Crippen LogP contribution in [0.15, 0.2) is 47.9 Å². The van der Waals surface area contributed by atoms with Crippen molar-refractivity contribution < 1.29 is 23.7 Å². The lowest BCUT2D eigenvalue weighted by Crippen LogP contribution is -2.42. The monoisotopic (exact) mass is 372 g/mol. The van der Waals surface area contributed by atoms with Crippen LogP contribution in [0.1, 0.15) is 40.0 Å². The first-order chi connectivity index (χ1) is 13.1. The van der Waals surface area contributed by atoms with Gasteiger partial charge in [-0.15, -0.1) is 0 Å². The fraction of sp³-hybridized carbons (Fsp3) is 0.500. The standard InChI is InChI=1S/C22H28O5/c1-4-24-18-7-5-6-8-19(18)27-21-14-26-20-13-16(25-12-11-15(2)3)9-10-17(20)22(21)23/h5-8,11,14,16-17,20H,4,9-10,12-13H2,1-3H3. The second-order valence-electron chi connectivity index (χ2n) is 7.16. The molecule has 2 aliphatic rings. The van der Waals surface area contributed by atoms with Gasteiger partial charge in [-0.05, 0) is 45.7 Å². The van der Waals surface area contributed by atoms with Crippen molar-refractivity contribution in [1.82, 2.24) is 0 Å². The Balaban J connectivity index is 1.63. The molecule has 1 aliphatic heterocycles. The predicted octanol–water partition coefficient (Wildman–Crippen LogP) is 4.42. The fourth-order valence-electron chi connectivity index (χ4n) is 3.44. The molecule has 1 heterocycles. The lowest BCUT2D eigenvalue weighted by Gasteiger charge is -2.37. The molecule has 0 amide bonds. The van der Waals surface area contributed by atoms with Crippen molar-refractivity contribution in [2.24, 2.45) is 5.92 Å². The molecular formula is C22H28O5. The fourth-order valence-corrected chi connectivity index (χ4v) is 3.44. The summed E-state index contributed by atoms with van der Waals surface area (Å²) in [5.74, 6) is 1.21. The highest BCUT2D eigenvalue weighted by Crippen LogP contribution is 2.36. The van der Waals surface area contributed by atoms with E-state index in [0.29, 0.717) is 24.7 Å². The van der Waals surface area contributed by atoms with Gasteiger partial charge in [0.25, 0.3) is 0 Å². The van der Waals surface area contributed by atoms with Crippen LogP contribution in [0.25, 0.3) is 0 Å². The number of carbonyl (C=O) groups is 1. The molecule has 5 nitrogen and oxygen atoms in total. The Labute approximate surface area is 160 Å². The minimum atomic E-state index is -0.174. The van der Waals surface area contributed by atoms with Crippen LogP contribution in [0.2, 0.25) is 0 Å². The van der Waals surface area contributed by atoms with E-state index in [9.17, 15) is 4.79 Å². The number of carbonyl (C=O) groups excluding carboxylic acids is 1. The molecule has 1 fully saturated rings. The summed E-state index contributed by atoms with van der Waals surface area (Å²) in [6.07, 6.45) is 5.84. The summed E-state index contributed by atoms with van der Waals surface area (Å²) in [6, 6.07) is 7.34. The zero-order valence-corrected chi connectivity index (χ0v) is 16.3. The van der Waals surface area contributed by atoms with Crippen LogP contribution in [0.4, 0.5) is 0 Å². The molecule has 0 bridgehead atoms. The minimum absolute atomic E-state index is 0.000278. The van der Waals surface area contributed by atoms with Crippen molar-refractivity contribution in [2.45, 2.75) is 52.2 Å². The number of para-hydroxylation sites is 2. The van der Waals surface area contributed by atoms with Crippen LogP contribution < -0.4 is 9.47 Å². The molecule has 3 unspecified atom stereocenters. The summed E-state index contributed by atoms with van der Waals surface area (Å²) in [5, 5.41) is 0. The molecule has 0 aromatic heterocycles. The highest BCUT2D eigenvalue weighted by molar-refractivity contribution is 5.96. The summed E-state index contributed by atoms with van der Waals surface area (Å²) >= 11 is 0. The van der Waals surface area contributed by atoms with Gasteiger partial charge in [-0.2, -0.15) is 0 Å². The molecule has 1 aromatic carbocycles. The van der Waals surface area contributed by atoms with Gasteiger partial charge >= 0.3 is 0 Å². The summed E-state index contributed by atoms with van der Waals surface area (Å²) in [6.45, 7) is 7.16. The average Bonchev–Trinajstić information content (AvgIpc) is 2.65. The maximum Gasteiger partial charge on any atom is 0.208 e. The van der Waals surface area contributed by atoms with Crippen LogP contribution in [-0.4, -0.2) is 31.2 Å². The number of allylic oxidation sites excluding steroid dienone is 2. The second-order valence-corrected chi connectivity index (χ2v) is 7.16. The molecule has 3 atom stereocenters. The van der Waals surface area contributed by atoms with E-state index < -0.39 is 0 Å². The molecule has 1 saturated carbocycles. The Bertz CT molecular complexity index is 717. The molecule has 0 radical (unpaired) electrons. The lowest BCUT2D eigenvalue weighted by molar-refractivity contribution is -0.133. The number of hydrogen-bond donors (Lipinski definition) is 0. The second kappa shape index (κ2) is 9.09. The number of ketones is 1. The highest BCUT2D eigenvalue weighted by Gasteiger charge is 2.41. The van der Waals surface area contributed by atoms with E-state index in [1.54, 1.807) is 6.07 Å². The molecule has 0 N–H and O–H groups in total. The number of hydrogen-bond acceptors (Lipinski definition) is 5. The third-order valence-corrected chi connectivity index (χ3v) is 4.87. The van der Waals surface area contributed by atoms with Crippen LogP contribution >= 0.6 is 0 Å². The van der Waals surface area contributed by atoms with E-state index in [1.807, 2.05) is 25.1 Å². The number of benzene rings is 1. The molecule has 0 saturated heterocycles. The van der Waals surface area contributed by atoms with Crippen molar-refractivity contribution >= 4 is 5.78 Å². The summed E-state index contributed by atoms with van der Waals surface area (Å²) < 4.78 is 23.2. The Morgan fingerprint density at radius 2 is 2.00 bits per heavy atom. The van der Waals surface area contributed by atoms with E-state index >= 15 is 0 Å². The molecule has 146 valence electrons. The Kier molecular flexibility index (Phi) is 6.56. The first kappa shape index (κ1) is 19.5. The van der Waals surface area contributed by atoms with Crippen molar-refractivity contribution in [3.05, 3.63) is 47.9 Å². The minimum Gasteiger partial charge on any atom is -0.493 e. The number of rotatable bonds is 7. The molecule has 27 heavy (non-hydrogen) atoms. The molecule has 5 heteroatoms. The zero-order valence-electron chi connectivity index (χ0n) is 16.3. The molecular weight excluding hydrogens is 344 g/mol. The van der Waals surface area contributed by atoms with Gasteiger partial charge in [0, 0.05) is 6.42 Å². The van der Waals surface area contributed by atoms with E-state index in [2.05, 4.69) is 19.9 Å². The lowest BCUT2D eigenvalue weighted by atomic mass is 9.80. The topological polar surface area (TPSA) is 54.0 Å². The zero-order chi connectivity index (χ0) is 19.2. The summed E-state index contributed by atoms with van der Waals surface area (Å²) in [4.78, 5) is 12.9.